The summed E-state index contributed by atoms with van der Waals surface area (Å²) in [6.45, 7) is 2.85. The summed E-state index contributed by atoms with van der Waals surface area (Å²) in [6, 6.07) is 64.7. The van der Waals surface area contributed by atoms with E-state index >= 15 is 0 Å². The number of halogens is 5. The first kappa shape index (κ1) is 55.1. The Morgan fingerprint density at radius 3 is 0.954 bits per heavy atom. The molecule has 1 fully saturated rings. The van der Waals surface area contributed by atoms with Gasteiger partial charge in [0.25, 0.3) is 0 Å². The molecule has 0 aliphatic carbocycles. The molecule has 1 N–H and O–H groups in total. The summed E-state index contributed by atoms with van der Waals surface area (Å²) in [5, 5.41) is 10.3. The Kier molecular flexibility index (Phi) is 27.0. The van der Waals surface area contributed by atoms with Crippen molar-refractivity contribution in [3.05, 3.63) is 200 Å². The fourth-order valence-corrected chi connectivity index (χ4v) is 8.30. The number of allylic oxidation sites excluding steroid dienone is 2. The van der Waals surface area contributed by atoms with Crippen molar-refractivity contribution < 1.29 is 49.1 Å². The third-order valence-electron chi connectivity index (χ3n) is 8.79. The fraction of sp³-hybridized carbons (Fsp3) is 0.0962. The summed E-state index contributed by atoms with van der Waals surface area (Å²) in [4.78, 5) is 21.0. The summed E-state index contributed by atoms with van der Waals surface area (Å²) < 4.78 is 41.5. The third-order valence-corrected chi connectivity index (χ3v) is 11.1. The molecule has 65 heavy (non-hydrogen) atoms. The standard InChI is InChI=1S/C40H30N2S2.C6H5B.C5H8O2.CH3F.2F2.Ni/c1-5-15-29(16-6-1)33-23-13-24-34(30-17-7-2-8-18-30)37(33)41-39-40(44-28-27-43-39)42-38-35(31-19-9-3-10-20-31)25-14-26-36(38)32-21-11-4-12-22-32;7-6-4-2-1-3-5-6;1-4(6)3-5(2)7;3*1-2;/h1-26H,27-28H2;1-5H;3,6H,1-2H3;1H3;;;. The molecule has 4 nitrogen and oxygen atoms in total. The Morgan fingerprint density at radius 2 is 0.754 bits per heavy atom. The number of hydrogen-bond acceptors (Lipinski definition) is 6. The molecule has 1 aliphatic rings. The zero-order valence-electron chi connectivity index (χ0n) is 35.7. The quantitative estimate of drug-likeness (QED) is 0.0748. The van der Waals surface area contributed by atoms with Crippen molar-refractivity contribution >= 4 is 64.1 Å². The predicted molar refractivity (Wildman–Crippen MR) is 264 cm³/mol. The van der Waals surface area contributed by atoms with Crippen molar-refractivity contribution in [1.82, 2.24) is 0 Å². The maximum atomic E-state index is 10.0. The Balaban J connectivity index is 0.000000584. The van der Waals surface area contributed by atoms with E-state index in [9.17, 15) is 9.18 Å². The molecule has 0 aromatic heterocycles. The largest absolute Gasteiger partial charge is 0.512 e. The van der Waals surface area contributed by atoms with Crippen LogP contribution in [0.25, 0.3) is 44.5 Å². The SMILES string of the molecule is CC(=O)C=C(C)O.CF.FF.FF.[B]c1ccccc1.[Ni].c1ccc(-c2cccc(-c3ccccc3)c2N=C2SCCSC2=Nc2c(-c3ccccc3)cccc2-c2ccccc2)cc1. The van der Waals surface area contributed by atoms with Gasteiger partial charge in [-0.3, -0.25) is 9.18 Å². The predicted octanol–water partition coefficient (Wildman–Crippen LogP) is 15.4. The Labute approximate surface area is 397 Å². The molecule has 0 unspecified atom stereocenters. The summed E-state index contributed by atoms with van der Waals surface area (Å²) >= 11 is 3.59. The van der Waals surface area contributed by atoms with Gasteiger partial charge < -0.3 is 5.11 Å². The molecule has 0 spiro atoms. The molecule has 2 radical (unpaired) electrons. The van der Waals surface area contributed by atoms with E-state index in [0.717, 1.165) is 82.9 Å². The Morgan fingerprint density at radius 1 is 0.492 bits per heavy atom. The van der Waals surface area contributed by atoms with Crippen molar-refractivity contribution in [3.63, 3.8) is 0 Å². The van der Waals surface area contributed by atoms with Gasteiger partial charge in [-0.1, -0.05) is 194 Å². The average molecular weight is 960 g/mol. The van der Waals surface area contributed by atoms with Gasteiger partial charge in [-0.05, 0) is 36.1 Å². The van der Waals surface area contributed by atoms with Gasteiger partial charge in [0.2, 0.25) is 0 Å². The summed E-state index contributed by atoms with van der Waals surface area (Å²) in [7, 11) is 5.86. The van der Waals surface area contributed by atoms with Crippen molar-refractivity contribution in [2.75, 3.05) is 18.7 Å². The van der Waals surface area contributed by atoms with Crippen LogP contribution in [-0.2, 0) is 21.3 Å². The molecule has 1 aliphatic heterocycles. The number of aliphatic hydroxyl groups is 1. The summed E-state index contributed by atoms with van der Waals surface area (Å²) in [6.07, 6.45) is 1.17. The number of aliphatic hydroxyl groups excluding tert-OH is 1. The van der Waals surface area contributed by atoms with Crippen LogP contribution in [0.15, 0.2) is 210 Å². The van der Waals surface area contributed by atoms with Crippen LogP contribution in [0.3, 0.4) is 0 Å². The van der Waals surface area contributed by atoms with Gasteiger partial charge in [0.05, 0.1) is 24.3 Å². The van der Waals surface area contributed by atoms with Crippen molar-refractivity contribution in [2.24, 2.45) is 9.98 Å². The molecule has 1 saturated heterocycles. The first-order valence-corrected chi connectivity index (χ1v) is 21.6. The average Bonchev–Trinajstić information content (AvgIpc) is 3.35. The maximum absolute atomic E-state index is 10.0. The number of nitrogens with zero attached hydrogens (tertiary/aromatic N) is 2. The molecule has 0 atom stereocenters. The summed E-state index contributed by atoms with van der Waals surface area (Å²) in [5.74, 6) is 1.91. The van der Waals surface area contributed by atoms with E-state index in [4.69, 9.17) is 41.2 Å². The number of benzene rings is 7. The van der Waals surface area contributed by atoms with Gasteiger partial charge in [-0.25, -0.2) is 9.98 Å². The molecule has 8 rings (SSSR count). The van der Waals surface area contributed by atoms with Gasteiger partial charge in [0.15, 0.2) is 5.78 Å². The van der Waals surface area contributed by atoms with Crippen molar-refractivity contribution in [1.29, 1.82) is 0 Å². The smallest absolute Gasteiger partial charge is 0.155 e. The van der Waals surface area contributed by atoms with Crippen LogP contribution in [0.5, 0.6) is 0 Å². The Hall–Kier alpha value is -6.00. The first-order chi connectivity index (χ1) is 31.4. The first-order valence-electron chi connectivity index (χ1n) is 19.6. The van der Waals surface area contributed by atoms with Gasteiger partial charge in [-0.15, -0.1) is 23.5 Å². The monoisotopic (exact) mass is 958 g/mol. The zero-order chi connectivity index (χ0) is 46.5. The third kappa shape index (κ3) is 17.8. The minimum Gasteiger partial charge on any atom is -0.512 e. The maximum Gasteiger partial charge on any atom is 0.155 e. The number of carbonyl (C=O) groups is 1. The number of aliphatic imine (C=N–C) groups is 2. The molecule has 336 valence electrons. The normalized spacial score (nSPS) is 12.6. The fourth-order valence-electron chi connectivity index (χ4n) is 6.24. The molecule has 0 amide bonds. The topological polar surface area (TPSA) is 62.0 Å². The number of alkyl halides is 1. The molecule has 1 heterocycles. The van der Waals surface area contributed by atoms with Crippen LogP contribution < -0.4 is 5.46 Å². The van der Waals surface area contributed by atoms with Gasteiger partial charge >= 0.3 is 0 Å². The van der Waals surface area contributed by atoms with Gasteiger partial charge in [0, 0.05) is 74.6 Å². The molecular weight excluding hydrogens is 913 g/mol. The van der Waals surface area contributed by atoms with E-state index < -0.39 is 0 Å². The second kappa shape index (κ2) is 31.8. The van der Waals surface area contributed by atoms with Crippen LogP contribution in [0, 0.1) is 0 Å². The molecule has 13 heteroatoms. The number of thioether (sulfide) groups is 2. The number of para-hydroxylation sites is 2. The molecule has 0 saturated carbocycles. The van der Waals surface area contributed by atoms with Crippen LogP contribution >= 0.6 is 23.5 Å². The second-order valence-electron chi connectivity index (χ2n) is 13.2. The molecule has 0 bridgehead atoms. The number of rotatable bonds is 7. The van der Waals surface area contributed by atoms with Crippen molar-refractivity contribution in [2.45, 2.75) is 13.8 Å². The molecule has 7 aromatic carbocycles. The van der Waals surface area contributed by atoms with Crippen LogP contribution in [0.4, 0.5) is 34.1 Å². The van der Waals surface area contributed by atoms with Crippen LogP contribution in [0.1, 0.15) is 13.8 Å². The van der Waals surface area contributed by atoms with Crippen LogP contribution in [-0.4, -0.2) is 47.5 Å². The second-order valence-corrected chi connectivity index (χ2v) is 15.4. The minimum absolute atomic E-state index is 0. The van der Waals surface area contributed by atoms with E-state index in [2.05, 4.69) is 158 Å². The van der Waals surface area contributed by atoms with Crippen LogP contribution in [0.2, 0.25) is 0 Å². The minimum atomic E-state index is -0.125. The summed E-state index contributed by atoms with van der Waals surface area (Å²) in [5.41, 5.74) is 11.8. The van der Waals surface area contributed by atoms with E-state index in [1.165, 1.54) is 19.9 Å². The number of carbonyl (C=O) groups excluding carboxylic acids is 1. The molecule has 7 aromatic rings. The number of hydrogen-bond donors (Lipinski definition) is 1. The zero-order valence-corrected chi connectivity index (χ0v) is 38.4. The van der Waals surface area contributed by atoms with E-state index in [0.29, 0.717) is 7.18 Å². The van der Waals surface area contributed by atoms with E-state index in [-0.39, 0.29) is 28.0 Å². The van der Waals surface area contributed by atoms with E-state index in [1.54, 1.807) is 23.5 Å². The van der Waals surface area contributed by atoms with Gasteiger partial charge in [-0.2, -0.15) is 0 Å². The number of ketones is 1. The molecular formula is C52H46BF5N2NiO2S2. The Bertz CT molecular complexity index is 2260. The van der Waals surface area contributed by atoms with Crippen molar-refractivity contribution in [3.8, 4) is 44.5 Å². The van der Waals surface area contributed by atoms with Gasteiger partial charge in [0.1, 0.15) is 17.9 Å². The van der Waals surface area contributed by atoms with E-state index in [1.807, 2.05) is 30.3 Å².